The molecule has 0 unspecified atom stereocenters. The van der Waals surface area contributed by atoms with E-state index in [9.17, 15) is 14.4 Å². The molecule has 164 valence electrons. The van der Waals surface area contributed by atoms with E-state index in [0.29, 0.717) is 17.9 Å². The van der Waals surface area contributed by atoms with Gasteiger partial charge in [-0.05, 0) is 45.4 Å². The number of rotatable bonds is 5. The molecule has 8 nitrogen and oxygen atoms in total. The van der Waals surface area contributed by atoms with E-state index in [1.54, 1.807) is 15.6 Å². The Balaban J connectivity index is 1.60. The largest absolute Gasteiger partial charge is 0.351 e. The van der Waals surface area contributed by atoms with Crippen LogP contribution in [0, 0.1) is 0 Å². The number of nitrogens with one attached hydrogen (secondary N) is 1. The number of hydrogen-bond donors (Lipinski definition) is 1. The predicted molar refractivity (Wildman–Crippen MR) is 112 cm³/mol. The number of piperidine rings is 1. The second kappa shape index (κ2) is 8.40. The first-order chi connectivity index (χ1) is 14.4. The van der Waals surface area contributed by atoms with Gasteiger partial charge in [0.05, 0.1) is 6.54 Å². The maximum atomic E-state index is 13.3. The van der Waals surface area contributed by atoms with Crippen molar-refractivity contribution in [2.75, 3.05) is 19.6 Å². The molecule has 2 aliphatic heterocycles. The fourth-order valence-electron chi connectivity index (χ4n) is 4.99. The molecule has 1 N–H and O–H groups in total. The van der Waals surface area contributed by atoms with E-state index < -0.39 is 5.54 Å². The smallest absolute Gasteiger partial charge is 0.274 e. The molecule has 3 aliphatic rings. The lowest BCUT2D eigenvalue weighted by atomic mass is 9.94. The second-order valence-electron chi connectivity index (χ2n) is 9.11. The van der Waals surface area contributed by atoms with E-state index in [2.05, 4.69) is 10.4 Å². The summed E-state index contributed by atoms with van der Waals surface area (Å²) in [6, 6.07) is 1.79. The van der Waals surface area contributed by atoms with Gasteiger partial charge in [-0.3, -0.25) is 19.1 Å². The molecule has 1 saturated carbocycles. The van der Waals surface area contributed by atoms with E-state index in [0.717, 1.165) is 64.5 Å². The topological polar surface area (TPSA) is 87.5 Å². The zero-order chi connectivity index (χ0) is 21.3. The molecule has 2 fully saturated rings. The first-order valence-electron chi connectivity index (χ1n) is 11.4. The minimum atomic E-state index is -1.01. The monoisotopic (exact) mass is 415 g/mol. The molecule has 3 amide bonds. The number of carbonyl (C=O) groups excluding carboxylic acids is 3. The molecule has 1 aliphatic carbocycles. The molecule has 0 spiro atoms. The number of carbonyl (C=O) groups is 3. The zero-order valence-corrected chi connectivity index (χ0v) is 18.2. The average molecular weight is 416 g/mol. The van der Waals surface area contributed by atoms with Crippen LogP contribution in [0.2, 0.25) is 0 Å². The Hall–Kier alpha value is -2.38. The molecule has 0 bridgehead atoms. The van der Waals surface area contributed by atoms with Crippen LogP contribution in [0.3, 0.4) is 0 Å². The van der Waals surface area contributed by atoms with Gasteiger partial charge in [-0.1, -0.05) is 19.8 Å². The second-order valence-corrected chi connectivity index (χ2v) is 9.11. The Morgan fingerprint density at radius 2 is 1.87 bits per heavy atom. The quantitative estimate of drug-likeness (QED) is 0.799. The summed E-state index contributed by atoms with van der Waals surface area (Å²) in [5, 5.41) is 7.64. The van der Waals surface area contributed by atoms with E-state index in [4.69, 9.17) is 0 Å². The molecule has 0 radical (unpaired) electrons. The van der Waals surface area contributed by atoms with Crippen molar-refractivity contribution in [3.05, 3.63) is 17.5 Å². The zero-order valence-electron chi connectivity index (χ0n) is 18.2. The van der Waals surface area contributed by atoms with Gasteiger partial charge in [0.15, 0.2) is 5.69 Å². The third kappa shape index (κ3) is 3.72. The van der Waals surface area contributed by atoms with E-state index in [-0.39, 0.29) is 30.3 Å². The number of likely N-dealkylation sites (tertiary alicyclic amines) is 1. The van der Waals surface area contributed by atoms with Gasteiger partial charge in [0.25, 0.3) is 11.8 Å². The van der Waals surface area contributed by atoms with Crippen LogP contribution in [0.1, 0.15) is 86.2 Å². The molecule has 0 aromatic carbocycles. The highest BCUT2D eigenvalue weighted by atomic mass is 16.2. The maximum Gasteiger partial charge on any atom is 0.274 e. The molecule has 8 heteroatoms. The van der Waals surface area contributed by atoms with Crippen molar-refractivity contribution >= 4 is 17.7 Å². The van der Waals surface area contributed by atoms with Gasteiger partial charge in [-0.15, -0.1) is 0 Å². The van der Waals surface area contributed by atoms with Crippen molar-refractivity contribution in [1.29, 1.82) is 0 Å². The SMILES string of the molecule is CCCN1C(=O)c2cc(C(=O)N3CCCCC3)nn2C[C@@]1(C)C(=O)NC1CCCC1. The van der Waals surface area contributed by atoms with Gasteiger partial charge in [-0.2, -0.15) is 5.10 Å². The molecule has 30 heavy (non-hydrogen) atoms. The highest BCUT2D eigenvalue weighted by Gasteiger charge is 2.48. The van der Waals surface area contributed by atoms with E-state index in [1.807, 2.05) is 18.7 Å². The molecule has 1 atom stereocenters. The van der Waals surface area contributed by atoms with Crippen LogP contribution in [0.5, 0.6) is 0 Å². The summed E-state index contributed by atoms with van der Waals surface area (Å²) in [4.78, 5) is 43.0. The number of nitrogens with zero attached hydrogens (tertiary/aromatic N) is 4. The fourth-order valence-corrected chi connectivity index (χ4v) is 4.99. The van der Waals surface area contributed by atoms with Crippen molar-refractivity contribution in [2.24, 2.45) is 0 Å². The summed E-state index contributed by atoms with van der Waals surface area (Å²) in [6.45, 7) is 6.05. The van der Waals surface area contributed by atoms with Gasteiger partial charge in [0.2, 0.25) is 5.91 Å². The Labute approximate surface area is 178 Å². The van der Waals surface area contributed by atoms with Crippen LogP contribution >= 0.6 is 0 Å². The minimum absolute atomic E-state index is 0.122. The molecule has 1 aromatic rings. The molecule has 1 saturated heterocycles. The predicted octanol–water partition coefficient (Wildman–Crippen LogP) is 2.19. The highest BCUT2D eigenvalue weighted by molar-refractivity contribution is 6.02. The third-order valence-corrected chi connectivity index (χ3v) is 6.79. The number of amides is 3. The maximum absolute atomic E-state index is 13.3. The first kappa shape index (κ1) is 20.9. The van der Waals surface area contributed by atoms with Crippen molar-refractivity contribution in [3.8, 4) is 0 Å². The molecule has 3 heterocycles. The summed E-state index contributed by atoms with van der Waals surface area (Å²) in [6.07, 6.45) is 8.14. The minimum Gasteiger partial charge on any atom is -0.351 e. The molecular weight excluding hydrogens is 382 g/mol. The Morgan fingerprint density at radius 1 is 1.17 bits per heavy atom. The van der Waals surface area contributed by atoms with Crippen molar-refractivity contribution in [2.45, 2.75) is 83.3 Å². The number of aromatic nitrogens is 2. The van der Waals surface area contributed by atoms with Crippen molar-refractivity contribution in [3.63, 3.8) is 0 Å². The summed E-state index contributed by atoms with van der Waals surface area (Å²) in [5.74, 6) is -0.470. The summed E-state index contributed by atoms with van der Waals surface area (Å²) < 4.78 is 1.57. The number of fused-ring (bicyclic) bond motifs is 1. The van der Waals surface area contributed by atoms with E-state index in [1.165, 1.54) is 0 Å². The lowest BCUT2D eigenvalue weighted by Gasteiger charge is -2.43. The first-order valence-corrected chi connectivity index (χ1v) is 11.4. The number of hydrogen-bond acceptors (Lipinski definition) is 4. The van der Waals surface area contributed by atoms with Crippen LogP contribution in [-0.4, -0.2) is 68.5 Å². The normalized spacial score (nSPS) is 24.8. The Morgan fingerprint density at radius 3 is 2.53 bits per heavy atom. The summed E-state index contributed by atoms with van der Waals surface area (Å²) >= 11 is 0. The van der Waals surface area contributed by atoms with Crippen molar-refractivity contribution < 1.29 is 14.4 Å². The van der Waals surface area contributed by atoms with Gasteiger partial charge in [-0.25, -0.2) is 0 Å². The van der Waals surface area contributed by atoms with Gasteiger partial charge in [0.1, 0.15) is 11.2 Å². The van der Waals surface area contributed by atoms with Gasteiger partial charge >= 0.3 is 0 Å². The third-order valence-electron chi connectivity index (χ3n) is 6.79. The molecular formula is C22H33N5O3. The molecule has 1 aromatic heterocycles. The van der Waals surface area contributed by atoms with Gasteiger partial charge in [0, 0.05) is 31.7 Å². The van der Waals surface area contributed by atoms with Crippen molar-refractivity contribution in [1.82, 2.24) is 24.9 Å². The summed E-state index contributed by atoms with van der Waals surface area (Å²) in [7, 11) is 0. The van der Waals surface area contributed by atoms with E-state index >= 15 is 0 Å². The van der Waals surface area contributed by atoms with Crippen LogP contribution < -0.4 is 5.32 Å². The van der Waals surface area contributed by atoms with Crippen LogP contribution in [0.25, 0.3) is 0 Å². The van der Waals surface area contributed by atoms with Crippen LogP contribution in [-0.2, 0) is 11.3 Å². The Bertz CT molecular complexity index is 823. The standard InChI is InChI=1S/C22H33N5O3/c1-3-11-26-20(29)18-14-17(19(28)25-12-7-4-8-13-25)24-27(18)15-22(26,2)21(30)23-16-9-5-6-10-16/h14,16H,3-13,15H2,1-2H3,(H,23,30)/t22-/m0/s1. The van der Waals surface area contributed by atoms with Crippen LogP contribution in [0.4, 0.5) is 0 Å². The average Bonchev–Trinajstić information content (AvgIpc) is 3.41. The fraction of sp³-hybridized carbons (Fsp3) is 0.727. The highest BCUT2D eigenvalue weighted by Crippen LogP contribution is 2.29. The summed E-state index contributed by atoms with van der Waals surface area (Å²) in [5.41, 5.74) is -0.313. The lowest BCUT2D eigenvalue weighted by molar-refractivity contribution is -0.133. The van der Waals surface area contributed by atoms with Crippen LogP contribution in [0.15, 0.2) is 6.07 Å². The Kier molecular flexibility index (Phi) is 5.84. The molecule has 4 rings (SSSR count). The lowest BCUT2D eigenvalue weighted by Crippen LogP contribution is -2.65. The van der Waals surface area contributed by atoms with Gasteiger partial charge < -0.3 is 15.1 Å².